The van der Waals surface area contributed by atoms with Crippen LogP contribution >= 0.6 is 12.4 Å². The van der Waals surface area contributed by atoms with Gasteiger partial charge < -0.3 is 6.15 Å². The number of nitrogens with two attached hydrogens (primary N) is 1. The van der Waals surface area contributed by atoms with Crippen molar-refractivity contribution in [3.05, 3.63) is 25.3 Å². The summed E-state index contributed by atoms with van der Waals surface area (Å²) in [5, 5.41) is 1.62. The zero-order valence-corrected chi connectivity index (χ0v) is 6.94. The van der Waals surface area contributed by atoms with Crippen molar-refractivity contribution >= 4 is 12.4 Å². The van der Waals surface area contributed by atoms with Gasteiger partial charge in [-0.3, -0.25) is 5.84 Å². The van der Waals surface area contributed by atoms with Crippen molar-refractivity contribution in [2.75, 3.05) is 13.1 Å². The molecule has 10 heavy (non-hydrogen) atoms. The predicted octanol–water partition coefficient (Wildman–Crippen LogP) is 1.12. The van der Waals surface area contributed by atoms with Crippen LogP contribution in [0.4, 0.5) is 0 Å². The highest BCUT2D eigenvalue weighted by Gasteiger charge is 1.86. The van der Waals surface area contributed by atoms with E-state index >= 15 is 0 Å². The van der Waals surface area contributed by atoms with E-state index in [9.17, 15) is 0 Å². The van der Waals surface area contributed by atoms with Crippen LogP contribution in [0.25, 0.3) is 0 Å². The Kier molecular flexibility index (Phi) is 18.7. The molecule has 0 unspecified atom stereocenters. The second-order valence-electron chi connectivity index (χ2n) is 1.53. The smallest absolute Gasteiger partial charge is 0.0310 e. The van der Waals surface area contributed by atoms with Gasteiger partial charge in [-0.2, -0.15) is 0 Å². The second kappa shape index (κ2) is 11.4. The first kappa shape index (κ1) is 16.3. The summed E-state index contributed by atoms with van der Waals surface area (Å²) in [7, 11) is 0. The first-order chi connectivity index (χ1) is 3.81. The number of halogens is 1. The minimum atomic E-state index is 0. The molecule has 0 saturated heterocycles. The molecule has 0 atom stereocenters. The molecule has 0 rings (SSSR count). The molecule has 0 fully saturated rings. The van der Waals surface area contributed by atoms with Gasteiger partial charge in [-0.05, 0) is 0 Å². The highest BCUT2D eigenvalue weighted by molar-refractivity contribution is 5.85. The summed E-state index contributed by atoms with van der Waals surface area (Å²) in [5.41, 5.74) is 0. The predicted molar refractivity (Wildman–Crippen MR) is 48.4 cm³/mol. The SMILES string of the molecule is C=CCN(N)CC=C.Cl.N. The fourth-order valence-corrected chi connectivity index (χ4v) is 0.406. The summed E-state index contributed by atoms with van der Waals surface area (Å²) in [6, 6.07) is 0. The Bertz CT molecular complexity index is 75.1. The quantitative estimate of drug-likeness (QED) is 0.373. The van der Waals surface area contributed by atoms with Crippen molar-refractivity contribution in [3.8, 4) is 0 Å². The van der Waals surface area contributed by atoms with Crippen LogP contribution in [0.15, 0.2) is 25.3 Å². The molecule has 0 aromatic heterocycles. The average Bonchev–Trinajstić information content (AvgIpc) is 1.68. The second-order valence-corrected chi connectivity index (χ2v) is 1.53. The molecule has 5 N–H and O–H groups in total. The molecular formula is C6H16ClN3. The molecule has 62 valence electrons. The van der Waals surface area contributed by atoms with E-state index in [2.05, 4.69) is 13.2 Å². The van der Waals surface area contributed by atoms with Crippen LogP contribution < -0.4 is 12.0 Å². The van der Waals surface area contributed by atoms with Gasteiger partial charge >= 0.3 is 0 Å². The van der Waals surface area contributed by atoms with Crippen LogP contribution in [0.1, 0.15) is 0 Å². The molecule has 0 bridgehead atoms. The van der Waals surface area contributed by atoms with E-state index in [0.717, 1.165) is 0 Å². The Balaban J connectivity index is -0.000000245. The van der Waals surface area contributed by atoms with Crippen LogP contribution in [0, 0.1) is 0 Å². The van der Waals surface area contributed by atoms with E-state index in [1.54, 1.807) is 17.2 Å². The Hall–Kier alpha value is -0.350. The highest BCUT2D eigenvalue weighted by Crippen LogP contribution is 1.75. The maximum absolute atomic E-state index is 5.39. The molecule has 0 radical (unpaired) electrons. The van der Waals surface area contributed by atoms with E-state index < -0.39 is 0 Å². The number of hydrazine groups is 1. The lowest BCUT2D eigenvalue weighted by Crippen LogP contribution is -2.30. The summed E-state index contributed by atoms with van der Waals surface area (Å²) in [6.45, 7) is 8.48. The monoisotopic (exact) mass is 165 g/mol. The maximum atomic E-state index is 5.39. The fraction of sp³-hybridized carbons (Fsp3) is 0.333. The molecule has 0 aliphatic rings. The Morgan fingerprint density at radius 2 is 1.50 bits per heavy atom. The standard InChI is InChI=1S/C6H12N2.ClH.H3N/c1-3-5-8(7)6-4-2;;/h3-4H,1-2,5-7H2;1H;1H3. The van der Waals surface area contributed by atoms with Crippen molar-refractivity contribution in [2.24, 2.45) is 5.84 Å². The van der Waals surface area contributed by atoms with Crippen LogP contribution in [-0.4, -0.2) is 18.1 Å². The van der Waals surface area contributed by atoms with Crippen molar-refractivity contribution < 1.29 is 0 Å². The van der Waals surface area contributed by atoms with E-state index in [1.165, 1.54) is 0 Å². The zero-order chi connectivity index (χ0) is 6.41. The van der Waals surface area contributed by atoms with Crippen LogP contribution in [0.3, 0.4) is 0 Å². The van der Waals surface area contributed by atoms with Gasteiger partial charge in [-0.15, -0.1) is 25.6 Å². The van der Waals surface area contributed by atoms with Gasteiger partial charge in [0, 0.05) is 13.1 Å². The van der Waals surface area contributed by atoms with Gasteiger partial charge in [0.25, 0.3) is 0 Å². The van der Waals surface area contributed by atoms with Crippen LogP contribution in [0.2, 0.25) is 0 Å². The van der Waals surface area contributed by atoms with Crippen molar-refractivity contribution in [1.82, 2.24) is 11.2 Å². The Labute approximate surface area is 68.5 Å². The van der Waals surface area contributed by atoms with Gasteiger partial charge in [0.05, 0.1) is 0 Å². The molecule has 3 nitrogen and oxygen atoms in total. The summed E-state index contributed by atoms with van der Waals surface area (Å²) >= 11 is 0. The summed E-state index contributed by atoms with van der Waals surface area (Å²) in [4.78, 5) is 0. The lowest BCUT2D eigenvalue weighted by Gasteiger charge is -2.08. The lowest BCUT2D eigenvalue weighted by molar-refractivity contribution is 0.351. The van der Waals surface area contributed by atoms with E-state index in [-0.39, 0.29) is 18.6 Å². The molecule has 0 aliphatic carbocycles. The molecule has 0 aromatic rings. The summed E-state index contributed by atoms with van der Waals surface area (Å²) < 4.78 is 0. The third-order valence-corrected chi connectivity index (χ3v) is 0.727. The Morgan fingerprint density at radius 1 is 1.20 bits per heavy atom. The van der Waals surface area contributed by atoms with Crippen LogP contribution in [-0.2, 0) is 0 Å². The highest BCUT2D eigenvalue weighted by atomic mass is 35.5. The largest absolute Gasteiger partial charge is 0.344 e. The van der Waals surface area contributed by atoms with Crippen LogP contribution in [0.5, 0.6) is 0 Å². The first-order valence-corrected chi connectivity index (χ1v) is 2.52. The minimum Gasteiger partial charge on any atom is -0.344 e. The molecule has 0 aliphatic heterocycles. The Morgan fingerprint density at radius 3 is 1.70 bits per heavy atom. The summed E-state index contributed by atoms with van der Waals surface area (Å²) in [5.74, 6) is 5.39. The normalized spacial score (nSPS) is 7.40. The molecule has 0 amide bonds. The van der Waals surface area contributed by atoms with Crippen molar-refractivity contribution in [1.29, 1.82) is 0 Å². The third-order valence-electron chi connectivity index (χ3n) is 0.727. The number of hydrogen-bond donors (Lipinski definition) is 2. The lowest BCUT2D eigenvalue weighted by atomic mass is 10.5. The molecule has 4 heteroatoms. The van der Waals surface area contributed by atoms with Gasteiger partial charge in [-0.25, -0.2) is 5.01 Å². The maximum Gasteiger partial charge on any atom is 0.0310 e. The zero-order valence-electron chi connectivity index (χ0n) is 6.12. The first-order valence-electron chi connectivity index (χ1n) is 2.52. The van der Waals surface area contributed by atoms with E-state index in [4.69, 9.17) is 5.84 Å². The van der Waals surface area contributed by atoms with Gasteiger partial charge in [-0.1, -0.05) is 12.2 Å². The number of nitrogens with zero attached hydrogens (tertiary/aromatic N) is 1. The molecular weight excluding hydrogens is 150 g/mol. The van der Waals surface area contributed by atoms with E-state index in [0.29, 0.717) is 13.1 Å². The van der Waals surface area contributed by atoms with Gasteiger partial charge in [0.15, 0.2) is 0 Å². The molecule has 0 saturated carbocycles. The molecule has 0 heterocycles. The summed E-state index contributed by atoms with van der Waals surface area (Å²) in [6.07, 6.45) is 3.51. The van der Waals surface area contributed by atoms with Gasteiger partial charge in [0.2, 0.25) is 0 Å². The average molecular weight is 166 g/mol. The van der Waals surface area contributed by atoms with E-state index in [1.807, 2.05) is 0 Å². The molecule has 0 aromatic carbocycles. The van der Waals surface area contributed by atoms with Crippen molar-refractivity contribution in [3.63, 3.8) is 0 Å². The van der Waals surface area contributed by atoms with Gasteiger partial charge in [0.1, 0.15) is 0 Å². The number of hydrogen-bond acceptors (Lipinski definition) is 3. The molecule has 0 spiro atoms. The minimum absolute atomic E-state index is 0. The fourth-order valence-electron chi connectivity index (χ4n) is 0.406. The third kappa shape index (κ3) is 10.6. The topological polar surface area (TPSA) is 64.3 Å². The van der Waals surface area contributed by atoms with Crippen molar-refractivity contribution in [2.45, 2.75) is 0 Å². The number of rotatable bonds is 4.